The first-order valence-corrected chi connectivity index (χ1v) is 8.26. The highest BCUT2D eigenvalue weighted by Crippen LogP contribution is 2.24. The van der Waals surface area contributed by atoms with Crippen LogP contribution in [0, 0.1) is 6.92 Å². The second kappa shape index (κ2) is 7.37. The van der Waals surface area contributed by atoms with E-state index in [1.807, 2.05) is 18.2 Å². The molecule has 2 heterocycles. The largest absolute Gasteiger partial charge is 0.369 e. The molecule has 0 spiro atoms. The van der Waals surface area contributed by atoms with Crippen molar-refractivity contribution in [1.29, 1.82) is 0 Å². The number of aryl methyl sites for hydroxylation is 2. The van der Waals surface area contributed by atoms with Crippen LogP contribution in [0.1, 0.15) is 17.8 Å². The first-order chi connectivity index (χ1) is 11.2. The van der Waals surface area contributed by atoms with Crippen LogP contribution in [-0.4, -0.2) is 21.7 Å². The molecule has 118 valence electrons. The third-order valence-corrected chi connectivity index (χ3v) is 3.88. The molecule has 5 nitrogen and oxygen atoms in total. The number of hydrogen-bond acceptors (Lipinski definition) is 5. The van der Waals surface area contributed by atoms with Crippen LogP contribution >= 0.6 is 15.9 Å². The molecule has 0 radical (unpaired) electrons. The van der Waals surface area contributed by atoms with Crippen LogP contribution in [0.5, 0.6) is 0 Å². The highest BCUT2D eigenvalue weighted by molar-refractivity contribution is 9.10. The summed E-state index contributed by atoms with van der Waals surface area (Å²) in [7, 11) is 0. The minimum Gasteiger partial charge on any atom is -0.369 e. The predicted octanol–water partition coefficient (Wildman–Crippen LogP) is 4.25. The lowest BCUT2D eigenvalue weighted by Crippen LogP contribution is -2.06. The molecule has 23 heavy (non-hydrogen) atoms. The van der Waals surface area contributed by atoms with Gasteiger partial charge < -0.3 is 9.84 Å². The van der Waals surface area contributed by atoms with Crippen LogP contribution in [0.3, 0.4) is 0 Å². The van der Waals surface area contributed by atoms with Crippen molar-refractivity contribution >= 4 is 21.7 Å². The molecule has 0 aliphatic rings. The van der Waals surface area contributed by atoms with Gasteiger partial charge in [0.2, 0.25) is 0 Å². The smallest absolute Gasteiger partial charge is 0.261 e. The van der Waals surface area contributed by atoms with Crippen LogP contribution in [-0.2, 0) is 6.42 Å². The van der Waals surface area contributed by atoms with Gasteiger partial charge in [0.05, 0.1) is 5.56 Å². The number of anilines is 1. The standard InChI is InChI=1S/C17H17BrN4O/c1-12-21-17(23-22-12)15-8-4-10-20-16(15)19-9-3-6-13-5-2-7-14(18)11-13/h2,4-5,7-8,10-11H,3,6,9H2,1H3,(H,19,20). The van der Waals surface area contributed by atoms with Gasteiger partial charge >= 0.3 is 0 Å². The van der Waals surface area contributed by atoms with Crippen LogP contribution in [0.15, 0.2) is 51.6 Å². The Hall–Kier alpha value is -2.21. The Bertz CT molecular complexity index is 788. The Morgan fingerprint density at radius 1 is 1.22 bits per heavy atom. The summed E-state index contributed by atoms with van der Waals surface area (Å²) in [6.45, 7) is 2.62. The molecule has 1 aromatic carbocycles. The summed E-state index contributed by atoms with van der Waals surface area (Å²) in [5, 5.41) is 7.19. The number of rotatable bonds is 6. The molecule has 0 aliphatic heterocycles. The second-order valence-electron chi connectivity index (χ2n) is 5.21. The summed E-state index contributed by atoms with van der Waals surface area (Å²) < 4.78 is 6.35. The summed E-state index contributed by atoms with van der Waals surface area (Å²) in [6.07, 6.45) is 3.77. The maximum absolute atomic E-state index is 5.23. The molecule has 0 atom stereocenters. The summed E-state index contributed by atoms with van der Waals surface area (Å²) in [5.41, 5.74) is 2.14. The first-order valence-electron chi connectivity index (χ1n) is 7.46. The number of benzene rings is 1. The van der Waals surface area contributed by atoms with Gasteiger partial charge in [0, 0.05) is 17.2 Å². The first kappa shape index (κ1) is 15.7. The molecule has 0 saturated carbocycles. The number of hydrogen-bond donors (Lipinski definition) is 1. The minimum absolute atomic E-state index is 0.491. The molecule has 0 amide bonds. The lowest BCUT2D eigenvalue weighted by atomic mass is 10.1. The van der Waals surface area contributed by atoms with E-state index in [4.69, 9.17) is 4.52 Å². The van der Waals surface area contributed by atoms with E-state index in [2.05, 4.69) is 54.6 Å². The average molecular weight is 373 g/mol. The topological polar surface area (TPSA) is 63.8 Å². The number of pyridine rings is 1. The lowest BCUT2D eigenvalue weighted by Gasteiger charge is -2.08. The zero-order valence-corrected chi connectivity index (χ0v) is 14.4. The molecule has 0 aliphatic carbocycles. The van der Waals surface area contributed by atoms with Crippen molar-refractivity contribution in [3.8, 4) is 11.5 Å². The summed E-state index contributed by atoms with van der Waals surface area (Å²) in [5.74, 6) is 1.87. The van der Waals surface area contributed by atoms with Gasteiger partial charge in [0.25, 0.3) is 5.89 Å². The molecular formula is C17H17BrN4O. The fourth-order valence-corrected chi connectivity index (χ4v) is 2.76. The van der Waals surface area contributed by atoms with Crippen LogP contribution in [0.2, 0.25) is 0 Å². The Kier molecular flexibility index (Phi) is 5.02. The van der Waals surface area contributed by atoms with E-state index in [0.717, 1.165) is 35.2 Å². The average Bonchev–Trinajstić information content (AvgIpc) is 2.98. The predicted molar refractivity (Wildman–Crippen MR) is 93.2 cm³/mol. The van der Waals surface area contributed by atoms with Crippen molar-refractivity contribution in [2.75, 3.05) is 11.9 Å². The summed E-state index contributed by atoms with van der Waals surface area (Å²) in [6, 6.07) is 12.2. The van der Waals surface area contributed by atoms with Gasteiger partial charge in [-0.3, -0.25) is 0 Å². The van der Waals surface area contributed by atoms with Crippen LogP contribution < -0.4 is 5.32 Å². The normalized spacial score (nSPS) is 10.7. The summed E-state index contributed by atoms with van der Waals surface area (Å²) in [4.78, 5) is 8.64. The van der Waals surface area contributed by atoms with E-state index >= 15 is 0 Å². The fraction of sp³-hybridized carbons (Fsp3) is 0.235. The highest BCUT2D eigenvalue weighted by Gasteiger charge is 2.11. The van der Waals surface area contributed by atoms with Crippen molar-refractivity contribution in [3.05, 3.63) is 58.5 Å². The Labute approximate surface area is 143 Å². The fourth-order valence-electron chi connectivity index (χ4n) is 2.32. The molecule has 0 fully saturated rings. The third-order valence-electron chi connectivity index (χ3n) is 3.39. The van der Waals surface area contributed by atoms with E-state index in [0.29, 0.717) is 11.7 Å². The van der Waals surface area contributed by atoms with Gasteiger partial charge in [-0.15, -0.1) is 0 Å². The van der Waals surface area contributed by atoms with Crippen LogP contribution in [0.25, 0.3) is 11.5 Å². The van der Waals surface area contributed by atoms with Crippen LogP contribution in [0.4, 0.5) is 5.82 Å². The van der Waals surface area contributed by atoms with Crippen molar-refractivity contribution < 1.29 is 4.52 Å². The quantitative estimate of drug-likeness (QED) is 0.655. The van der Waals surface area contributed by atoms with Crippen molar-refractivity contribution in [3.63, 3.8) is 0 Å². The van der Waals surface area contributed by atoms with E-state index in [9.17, 15) is 0 Å². The molecule has 0 saturated heterocycles. The number of aromatic nitrogens is 3. The SMILES string of the molecule is Cc1noc(-c2cccnc2NCCCc2cccc(Br)c2)n1. The number of nitrogens with one attached hydrogen (secondary N) is 1. The number of nitrogens with zero attached hydrogens (tertiary/aromatic N) is 3. The molecule has 6 heteroatoms. The molecular weight excluding hydrogens is 356 g/mol. The van der Waals surface area contributed by atoms with Gasteiger partial charge in [0.15, 0.2) is 5.82 Å². The van der Waals surface area contributed by atoms with Crippen molar-refractivity contribution in [1.82, 2.24) is 15.1 Å². The van der Waals surface area contributed by atoms with Gasteiger partial charge in [-0.05, 0) is 49.6 Å². The molecule has 2 aromatic heterocycles. The number of halogens is 1. The molecule has 1 N–H and O–H groups in total. The van der Waals surface area contributed by atoms with Gasteiger partial charge in [-0.25, -0.2) is 4.98 Å². The van der Waals surface area contributed by atoms with E-state index < -0.39 is 0 Å². The van der Waals surface area contributed by atoms with E-state index in [-0.39, 0.29) is 0 Å². The summed E-state index contributed by atoms with van der Waals surface area (Å²) >= 11 is 3.50. The van der Waals surface area contributed by atoms with E-state index in [1.165, 1.54) is 5.56 Å². The minimum atomic E-state index is 0.491. The zero-order chi connectivity index (χ0) is 16.1. The van der Waals surface area contributed by atoms with Crippen molar-refractivity contribution in [2.24, 2.45) is 0 Å². The van der Waals surface area contributed by atoms with Gasteiger partial charge in [-0.1, -0.05) is 33.2 Å². The van der Waals surface area contributed by atoms with Gasteiger partial charge in [0.1, 0.15) is 5.82 Å². The molecule has 0 unspecified atom stereocenters. The van der Waals surface area contributed by atoms with Gasteiger partial charge in [-0.2, -0.15) is 4.98 Å². The van der Waals surface area contributed by atoms with E-state index in [1.54, 1.807) is 13.1 Å². The molecule has 0 bridgehead atoms. The zero-order valence-electron chi connectivity index (χ0n) is 12.8. The Morgan fingerprint density at radius 3 is 2.91 bits per heavy atom. The van der Waals surface area contributed by atoms with Crippen molar-refractivity contribution in [2.45, 2.75) is 19.8 Å². The lowest BCUT2D eigenvalue weighted by molar-refractivity contribution is 0.425. The molecule has 3 rings (SSSR count). The Balaban J connectivity index is 1.60. The highest BCUT2D eigenvalue weighted by atomic mass is 79.9. The third kappa shape index (κ3) is 4.16. The maximum Gasteiger partial charge on any atom is 0.261 e. The Morgan fingerprint density at radius 2 is 2.13 bits per heavy atom. The molecule has 3 aromatic rings. The monoisotopic (exact) mass is 372 g/mol. The second-order valence-corrected chi connectivity index (χ2v) is 6.12. The maximum atomic E-state index is 5.23.